The van der Waals surface area contributed by atoms with Crippen molar-refractivity contribution in [1.29, 1.82) is 0 Å². The van der Waals surface area contributed by atoms with Crippen molar-refractivity contribution < 1.29 is 55.0 Å². The van der Waals surface area contributed by atoms with E-state index in [2.05, 4.69) is 55.4 Å². The van der Waals surface area contributed by atoms with Gasteiger partial charge in [-0.15, -0.1) is 0 Å². The molecule has 17 heteroatoms. The third kappa shape index (κ3) is 13.7. The third-order valence-electron chi connectivity index (χ3n) is 14.4. The summed E-state index contributed by atoms with van der Waals surface area (Å²) < 4.78 is 53.6. The number of nitrogens with zero attached hydrogens (tertiary/aromatic N) is 8. The van der Waals surface area contributed by atoms with Gasteiger partial charge in [0.05, 0.1) is 98.8 Å². The Morgan fingerprint density at radius 1 is 0.383 bits per heavy atom. The number of allylic oxidation sites excluding steroid dienone is 8. The van der Waals surface area contributed by atoms with E-state index in [0.717, 1.165) is 103 Å². The summed E-state index contributed by atoms with van der Waals surface area (Å²) in [6.07, 6.45) is 22.4. The minimum atomic E-state index is -0.613. The first kappa shape index (κ1) is 60.5. The molecule has 0 amide bonds. The summed E-state index contributed by atoms with van der Waals surface area (Å²) in [5.41, 5.74) is 4.12. The van der Waals surface area contributed by atoms with Crippen LogP contribution in [0.1, 0.15) is 182 Å². The Bertz CT molecular complexity index is 3290. The van der Waals surface area contributed by atoms with E-state index in [1.54, 1.807) is 0 Å². The molecule has 0 saturated heterocycles. The van der Waals surface area contributed by atoms with E-state index in [-0.39, 0.29) is 17.1 Å². The SMILES string of the molecule is CCCCOC1=CC=C(OCCCC)C2C1=c1nc2nc2[n-]c(nc3nc(nc4[n-]c(n1)c1c(OCCCC)ccc(OCCCC)c41)-c1c(OCCCC)ccc(OCCCC)c1-3)=C1C(OCCCC)=CC=C(OCCCC)C12.[Cu+2]. The average Bonchev–Trinajstić information content (AvgIpc) is 4.36. The van der Waals surface area contributed by atoms with Crippen LogP contribution in [-0.4, -0.2) is 82.8 Å². The fourth-order valence-electron chi connectivity index (χ4n) is 9.87. The smallest absolute Gasteiger partial charge is 0.497 e. The number of rotatable bonds is 32. The number of aromatic nitrogens is 8. The Morgan fingerprint density at radius 3 is 1.28 bits per heavy atom. The van der Waals surface area contributed by atoms with E-state index in [0.29, 0.717) is 177 Å². The van der Waals surface area contributed by atoms with Crippen molar-refractivity contribution >= 4 is 33.2 Å². The summed E-state index contributed by atoms with van der Waals surface area (Å²) in [6.45, 7) is 21.1. The van der Waals surface area contributed by atoms with Gasteiger partial charge in [0, 0.05) is 44.5 Å². The molecule has 2 unspecified atom stereocenters. The molecule has 0 spiro atoms. The first-order valence-corrected chi connectivity index (χ1v) is 30.1. The quantitative estimate of drug-likeness (QED) is 0.0293. The summed E-state index contributed by atoms with van der Waals surface area (Å²) >= 11 is 0. The maximum Gasteiger partial charge on any atom is 2.00 e. The minimum absolute atomic E-state index is 0. The molecule has 8 bridgehead atoms. The molecule has 0 fully saturated rings. The number of fused-ring (bicyclic) bond motifs is 18. The standard InChI is InChI=1S/C64H82N8O8.Cu/c1-9-17-33-73-41-25-26-42(74-34-18-10-2)50-49(41)57-65-58(50)70-60-53-45(77-37-21-13-5)29-30-46(78-38-22-14-6)54(53)62(67-60)72-64-56-48(80-40-24-16-8)32-31-47(79-39-23-15-7)55(56)63(68-64)71-61-52-44(76-36-20-12-4)28-27-43(75-35-19-11-3)51(52)59(66-61)69-57;/h25-32,49,51H,9-24,33-40H2,1-8H3;/q-2;+2. The minimum Gasteiger partial charge on any atom is -0.497 e. The van der Waals surface area contributed by atoms with Crippen LogP contribution in [0.2, 0.25) is 0 Å². The second-order valence-corrected chi connectivity index (χ2v) is 20.7. The van der Waals surface area contributed by atoms with Crippen LogP contribution < -0.4 is 39.9 Å². The first-order valence-electron chi connectivity index (χ1n) is 30.1. The molecule has 4 aromatic rings. The molecule has 16 nitrogen and oxygen atoms in total. The fraction of sp³-hybridized carbons (Fsp3) is 0.531. The maximum atomic E-state index is 6.72. The van der Waals surface area contributed by atoms with Gasteiger partial charge in [-0.05, 0) is 99.9 Å². The van der Waals surface area contributed by atoms with Crippen molar-refractivity contribution in [3.05, 3.63) is 94.2 Å². The monoisotopic (exact) mass is 1150 g/mol. The zero-order valence-electron chi connectivity index (χ0n) is 48.9. The van der Waals surface area contributed by atoms with Crippen LogP contribution in [0.4, 0.5) is 0 Å². The molecule has 2 aromatic carbocycles. The van der Waals surface area contributed by atoms with E-state index in [1.165, 1.54) is 0 Å². The normalized spacial score (nSPS) is 15.5. The molecule has 5 aliphatic rings. The number of ether oxygens (including phenoxy) is 8. The molecular weight excluding hydrogens is 1070 g/mol. The van der Waals surface area contributed by atoms with Gasteiger partial charge >= 0.3 is 17.1 Å². The van der Waals surface area contributed by atoms with Crippen molar-refractivity contribution in [1.82, 2.24) is 39.9 Å². The summed E-state index contributed by atoms with van der Waals surface area (Å²) in [5.74, 6) is 5.31. The second-order valence-electron chi connectivity index (χ2n) is 20.7. The van der Waals surface area contributed by atoms with Crippen molar-refractivity contribution in [2.45, 2.75) is 170 Å². The molecule has 0 N–H and O–H groups in total. The van der Waals surface area contributed by atoms with Gasteiger partial charge in [0.25, 0.3) is 0 Å². The number of benzene rings is 2. The van der Waals surface area contributed by atoms with Gasteiger partial charge in [-0.3, -0.25) is 0 Å². The van der Waals surface area contributed by atoms with E-state index < -0.39 is 11.8 Å². The Hall–Kier alpha value is -6.58. The van der Waals surface area contributed by atoms with E-state index in [1.807, 2.05) is 48.6 Å². The third-order valence-corrected chi connectivity index (χ3v) is 14.4. The molecular formula is C64H82CuN8O8. The average molecular weight is 1150 g/mol. The van der Waals surface area contributed by atoms with E-state index >= 15 is 0 Å². The molecule has 0 saturated carbocycles. The predicted octanol–water partition coefficient (Wildman–Crippen LogP) is 12.8. The van der Waals surface area contributed by atoms with Gasteiger partial charge in [-0.25, -0.2) is 9.97 Å². The van der Waals surface area contributed by atoms with Gasteiger partial charge in [-0.2, -0.15) is 0 Å². The molecule has 81 heavy (non-hydrogen) atoms. The Labute approximate surface area is 488 Å². The van der Waals surface area contributed by atoms with Crippen molar-refractivity contribution in [3.8, 4) is 45.8 Å². The zero-order chi connectivity index (χ0) is 55.8. The molecule has 3 aliphatic heterocycles. The van der Waals surface area contributed by atoms with Crippen molar-refractivity contribution in [3.63, 3.8) is 0 Å². The van der Waals surface area contributed by atoms with Gasteiger partial charge in [-0.1, -0.05) is 107 Å². The maximum absolute atomic E-state index is 6.72. The summed E-state index contributed by atoms with van der Waals surface area (Å²) in [7, 11) is 0. The fourth-order valence-corrected chi connectivity index (χ4v) is 9.87. The predicted molar refractivity (Wildman–Crippen MR) is 312 cm³/mol. The molecule has 2 atom stereocenters. The van der Waals surface area contributed by atoms with Crippen LogP contribution >= 0.6 is 0 Å². The van der Waals surface area contributed by atoms with Gasteiger partial charge in [0.2, 0.25) is 0 Å². The summed E-state index contributed by atoms with van der Waals surface area (Å²) in [6, 6.07) is 7.80. The number of unbranched alkanes of at least 4 members (excludes halogenated alkanes) is 8. The van der Waals surface area contributed by atoms with E-state index in [4.69, 9.17) is 77.8 Å². The van der Waals surface area contributed by atoms with Crippen molar-refractivity contribution in [2.24, 2.45) is 0 Å². The molecule has 2 aromatic heterocycles. The Kier molecular flexibility index (Phi) is 22.4. The van der Waals surface area contributed by atoms with Crippen LogP contribution in [0, 0.1) is 0 Å². The van der Waals surface area contributed by atoms with Crippen LogP contribution in [-0.2, 0) is 36.0 Å². The van der Waals surface area contributed by atoms with E-state index in [9.17, 15) is 0 Å². The molecule has 1 radical (unpaired) electrons. The largest absolute Gasteiger partial charge is 2.00 e. The van der Waals surface area contributed by atoms with Gasteiger partial charge < -0.3 is 67.8 Å². The number of hydrogen-bond acceptors (Lipinski definition) is 14. The molecule has 2 aliphatic carbocycles. The first-order chi connectivity index (χ1) is 39.4. The molecule has 5 heterocycles. The second kappa shape index (κ2) is 29.9. The van der Waals surface area contributed by atoms with Crippen LogP contribution in [0.5, 0.6) is 23.0 Å². The summed E-state index contributed by atoms with van der Waals surface area (Å²) in [5, 5.41) is 1.27. The number of hydrogen-bond donors (Lipinski definition) is 0. The van der Waals surface area contributed by atoms with Gasteiger partial charge in [0.15, 0.2) is 0 Å². The molecule has 437 valence electrons. The summed E-state index contributed by atoms with van der Waals surface area (Å²) in [4.78, 5) is 43.7. The van der Waals surface area contributed by atoms with Crippen LogP contribution in [0.25, 0.3) is 56.0 Å². The Morgan fingerprint density at radius 2 is 0.790 bits per heavy atom. The van der Waals surface area contributed by atoms with Gasteiger partial charge in [0.1, 0.15) is 46.0 Å². The Balaban J connectivity index is 0.00000860. The topological polar surface area (TPSA) is 179 Å². The van der Waals surface area contributed by atoms with Crippen LogP contribution in [0.15, 0.2) is 71.6 Å². The van der Waals surface area contributed by atoms with Crippen LogP contribution in [0.3, 0.4) is 0 Å². The zero-order valence-corrected chi connectivity index (χ0v) is 49.8. The van der Waals surface area contributed by atoms with Crippen molar-refractivity contribution in [2.75, 3.05) is 52.9 Å². The molecule has 9 rings (SSSR count).